The summed E-state index contributed by atoms with van der Waals surface area (Å²) in [5.74, 6) is 0. The molecule has 0 aliphatic rings. The summed E-state index contributed by atoms with van der Waals surface area (Å²) in [7, 11) is 0. The van der Waals surface area contributed by atoms with E-state index in [2.05, 4.69) is 170 Å². The van der Waals surface area contributed by atoms with E-state index in [4.69, 9.17) is 0 Å². The molecule has 42 heavy (non-hydrogen) atoms. The normalized spacial score (nSPS) is 11.3. The lowest BCUT2D eigenvalue weighted by Gasteiger charge is -2.17. The maximum atomic E-state index is 2.30. The van der Waals surface area contributed by atoms with Crippen LogP contribution in [0.25, 0.3) is 76.8 Å². The molecule has 0 unspecified atom stereocenters. The van der Waals surface area contributed by atoms with Crippen molar-refractivity contribution < 1.29 is 0 Å². The monoisotopic (exact) mass is 532 g/mol. The van der Waals surface area contributed by atoms with Gasteiger partial charge in [0.15, 0.2) is 0 Å². The minimum atomic E-state index is 1.24. The molecular weight excluding hydrogens is 504 g/mol. The average molecular weight is 533 g/mol. The molecule has 8 aromatic rings. The molecule has 8 rings (SSSR count). The first-order valence-electron chi connectivity index (χ1n) is 14.5. The van der Waals surface area contributed by atoms with E-state index in [1.165, 1.54) is 76.8 Å². The molecule has 0 spiro atoms. The highest BCUT2D eigenvalue weighted by atomic mass is 14.2. The fourth-order valence-corrected chi connectivity index (χ4v) is 6.59. The number of hydrogen-bond donors (Lipinski definition) is 0. The van der Waals surface area contributed by atoms with Crippen molar-refractivity contribution in [3.05, 3.63) is 170 Å². The van der Waals surface area contributed by atoms with E-state index in [-0.39, 0.29) is 0 Å². The lowest BCUT2D eigenvalue weighted by molar-refractivity contribution is 1.63. The van der Waals surface area contributed by atoms with E-state index in [0.29, 0.717) is 0 Å². The van der Waals surface area contributed by atoms with Gasteiger partial charge in [-0.1, -0.05) is 170 Å². The first-order valence-corrected chi connectivity index (χ1v) is 14.5. The quantitative estimate of drug-likeness (QED) is 0.211. The summed E-state index contributed by atoms with van der Waals surface area (Å²) in [5, 5.41) is 7.63. The predicted octanol–water partition coefficient (Wildman–Crippen LogP) is 11.8. The van der Waals surface area contributed by atoms with Crippen molar-refractivity contribution in [1.29, 1.82) is 0 Å². The molecule has 0 atom stereocenters. The van der Waals surface area contributed by atoms with Gasteiger partial charge in [0.05, 0.1) is 0 Å². The summed E-state index contributed by atoms with van der Waals surface area (Å²) < 4.78 is 0. The fraction of sp³-hybridized carbons (Fsp3) is 0. The first-order chi connectivity index (χ1) is 20.9. The minimum Gasteiger partial charge on any atom is -0.0622 e. The van der Waals surface area contributed by atoms with Gasteiger partial charge in [-0.15, -0.1) is 0 Å². The second kappa shape index (κ2) is 10.2. The molecule has 0 aliphatic carbocycles. The van der Waals surface area contributed by atoms with Crippen molar-refractivity contribution >= 4 is 32.3 Å². The third-order valence-corrected chi connectivity index (χ3v) is 8.52. The van der Waals surface area contributed by atoms with Crippen LogP contribution in [0.15, 0.2) is 170 Å². The summed E-state index contributed by atoms with van der Waals surface area (Å²) in [6.07, 6.45) is 0. The Hall–Kier alpha value is -5.46. The number of hydrogen-bond acceptors (Lipinski definition) is 0. The summed E-state index contributed by atoms with van der Waals surface area (Å²) in [5.41, 5.74) is 10.1. The molecule has 0 aliphatic heterocycles. The van der Waals surface area contributed by atoms with Gasteiger partial charge in [-0.2, -0.15) is 0 Å². The van der Waals surface area contributed by atoms with Crippen LogP contribution in [0.1, 0.15) is 0 Å². The maximum absolute atomic E-state index is 2.30. The molecule has 0 radical (unpaired) electrons. The highest BCUT2D eigenvalue weighted by molar-refractivity contribution is 6.14. The second-order valence-corrected chi connectivity index (χ2v) is 10.9. The Morgan fingerprint density at radius 2 is 0.429 bits per heavy atom. The Kier molecular flexibility index (Phi) is 5.90. The van der Waals surface area contributed by atoms with Gasteiger partial charge in [-0.25, -0.2) is 0 Å². The highest BCUT2D eigenvalue weighted by Crippen LogP contribution is 2.42. The fourth-order valence-electron chi connectivity index (χ4n) is 6.59. The third-order valence-electron chi connectivity index (χ3n) is 8.52. The Labute approximate surface area is 246 Å². The molecule has 0 saturated heterocycles. The Bertz CT molecular complexity index is 2060. The second-order valence-electron chi connectivity index (χ2n) is 10.9. The van der Waals surface area contributed by atoms with E-state index >= 15 is 0 Å². The van der Waals surface area contributed by atoms with Crippen LogP contribution in [-0.4, -0.2) is 0 Å². The zero-order valence-electron chi connectivity index (χ0n) is 23.2. The Morgan fingerprint density at radius 3 is 0.810 bits per heavy atom. The summed E-state index contributed by atoms with van der Waals surface area (Å²) in [6.45, 7) is 0. The molecular formula is C42H28. The third kappa shape index (κ3) is 4.00. The summed E-state index contributed by atoms with van der Waals surface area (Å²) >= 11 is 0. The summed E-state index contributed by atoms with van der Waals surface area (Å²) in [6, 6.07) is 61.6. The maximum Gasteiger partial charge on any atom is -0.00987 e. The predicted molar refractivity (Wildman–Crippen MR) is 181 cm³/mol. The first kappa shape index (κ1) is 24.3. The molecule has 196 valence electrons. The highest BCUT2D eigenvalue weighted by Gasteiger charge is 2.15. The number of fused-ring (bicyclic) bond motifs is 3. The number of benzene rings is 8. The van der Waals surface area contributed by atoms with Gasteiger partial charge in [0.2, 0.25) is 0 Å². The van der Waals surface area contributed by atoms with E-state index in [1.54, 1.807) is 0 Å². The van der Waals surface area contributed by atoms with E-state index in [9.17, 15) is 0 Å². The number of rotatable bonds is 4. The van der Waals surface area contributed by atoms with Gasteiger partial charge in [0.25, 0.3) is 0 Å². The smallest absolute Gasteiger partial charge is 0.00987 e. The minimum absolute atomic E-state index is 1.24. The molecule has 0 bridgehead atoms. The van der Waals surface area contributed by atoms with Crippen LogP contribution in [0, 0.1) is 0 Å². The van der Waals surface area contributed by atoms with Crippen molar-refractivity contribution in [3.8, 4) is 44.5 Å². The van der Waals surface area contributed by atoms with Crippen molar-refractivity contribution in [2.24, 2.45) is 0 Å². The average Bonchev–Trinajstić information content (AvgIpc) is 3.07. The molecule has 0 heterocycles. The summed E-state index contributed by atoms with van der Waals surface area (Å²) in [4.78, 5) is 0. The molecule has 0 heteroatoms. The van der Waals surface area contributed by atoms with Crippen molar-refractivity contribution in [2.75, 3.05) is 0 Å². The van der Waals surface area contributed by atoms with Crippen LogP contribution < -0.4 is 0 Å². The zero-order chi connectivity index (χ0) is 27.9. The van der Waals surface area contributed by atoms with Gasteiger partial charge in [0.1, 0.15) is 0 Å². The standard InChI is InChI=1S/C42H28/c1-3-13-29(14-4-1)31-25-27-41(35-19-9-7-17-33(31)35)39-23-11-22-38-37(39)21-12-24-40(38)42-28-26-32(30-15-5-2-6-16-30)34-18-8-10-20-36(34)42/h1-28H. The Balaban J connectivity index is 1.34. The van der Waals surface area contributed by atoms with E-state index in [0.717, 1.165) is 0 Å². The van der Waals surface area contributed by atoms with Gasteiger partial charge in [-0.3, -0.25) is 0 Å². The molecule has 0 saturated carbocycles. The van der Waals surface area contributed by atoms with Crippen LogP contribution in [0.4, 0.5) is 0 Å². The molecule has 8 aromatic carbocycles. The largest absolute Gasteiger partial charge is 0.0622 e. The van der Waals surface area contributed by atoms with E-state index in [1.807, 2.05) is 0 Å². The van der Waals surface area contributed by atoms with Gasteiger partial charge >= 0.3 is 0 Å². The van der Waals surface area contributed by atoms with Crippen LogP contribution in [0.5, 0.6) is 0 Å². The molecule has 0 nitrogen and oxygen atoms in total. The van der Waals surface area contributed by atoms with Gasteiger partial charge in [-0.05, 0) is 76.8 Å². The zero-order valence-corrected chi connectivity index (χ0v) is 23.2. The molecule has 0 aromatic heterocycles. The molecule has 0 amide bonds. The Morgan fingerprint density at radius 1 is 0.167 bits per heavy atom. The lowest BCUT2D eigenvalue weighted by atomic mass is 9.87. The van der Waals surface area contributed by atoms with Gasteiger partial charge in [0, 0.05) is 0 Å². The van der Waals surface area contributed by atoms with Crippen LogP contribution in [-0.2, 0) is 0 Å². The van der Waals surface area contributed by atoms with Crippen LogP contribution >= 0.6 is 0 Å². The molecule has 0 fully saturated rings. The molecule has 0 N–H and O–H groups in total. The van der Waals surface area contributed by atoms with Crippen molar-refractivity contribution in [1.82, 2.24) is 0 Å². The lowest BCUT2D eigenvalue weighted by Crippen LogP contribution is -1.90. The van der Waals surface area contributed by atoms with Crippen LogP contribution in [0.2, 0.25) is 0 Å². The topological polar surface area (TPSA) is 0 Å². The van der Waals surface area contributed by atoms with Crippen LogP contribution in [0.3, 0.4) is 0 Å². The van der Waals surface area contributed by atoms with Crippen molar-refractivity contribution in [2.45, 2.75) is 0 Å². The van der Waals surface area contributed by atoms with E-state index < -0.39 is 0 Å². The van der Waals surface area contributed by atoms with Gasteiger partial charge < -0.3 is 0 Å². The SMILES string of the molecule is c1ccc(-c2ccc(-c3cccc4c(-c5ccc(-c6ccccc6)c6ccccc56)cccc34)c3ccccc23)cc1. The van der Waals surface area contributed by atoms with Crippen molar-refractivity contribution in [3.63, 3.8) is 0 Å².